The molecule has 1 aliphatic heterocycles. The van der Waals surface area contributed by atoms with E-state index >= 15 is 0 Å². The van der Waals surface area contributed by atoms with E-state index in [-0.39, 0.29) is 32.8 Å². The van der Waals surface area contributed by atoms with Crippen molar-refractivity contribution >= 4 is 10.1 Å². The predicted octanol–water partition coefficient (Wildman–Crippen LogP) is 4.22. The van der Waals surface area contributed by atoms with Crippen LogP contribution in [0.4, 0.5) is 0 Å². The molecule has 39 heavy (non-hydrogen) atoms. The quantitative estimate of drug-likeness (QED) is 0.313. The van der Waals surface area contributed by atoms with Gasteiger partial charge < -0.3 is 24.1 Å². The number of hydrogen-bond donors (Lipinski definition) is 1. The van der Waals surface area contributed by atoms with E-state index in [0.717, 1.165) is 22.9 Å². The van der Waals surface area contributed by atoms with Gasteiger partial charge in [0.2, 0.25) is 0 Å². The van der Waals surface area contributed by atoms with Crippen LogP contribution in [0.5, 0.6) is 0 Å². The molecule has 0 radical (unpaired) electrons. The van der Waals surface area contributed by atoms with Crippen molar-refractivity contribution in [2.75, 3.05) is 12.9 Å². The zero-order chi connectivity index (χ0) is 27.7. The third kappa shape index (κ3) is 8.94. The molecule has 4 rings (SSSR count). The average molecular weight is 557 g/mol. The fourth-order valence-electron chi connectivity index (χ4n) is 4.60. The van der Waals surface area contributed by atoms with Crippen LogP contribution >= 0.6 is 0 Å². The number of hydrogen-bond acceptors (Lipinski definition) is 8. The van der Waals surface area contributed by atoms with Crippen LogP contribution in [-0.2, 0) is 53.1 Å². The van der Waals surface area contributed by atoms with Gasteiger partial charge in [0, 0.05) is 6.42 Å². The van der Waals surface area contributed by atoms with Gasteiger partial charge in [-0.25, -0.2) is 0 Å². The lowest BCUT2D eigenvalue weighted by atomic mass is 9.91. The van der Waals surface area contributed by atoms with E-state index < -0.39 is 40.3 Å². The van der Waals surface area contributed by atoms with Crippen LogP contribution in [0.2, 0.25) is 0 Å². The first-order valence-electron chi connectivity index (χ1n) is 12.9. The Morgan fingerprint density at radius 2 is 1.18 bits per heavy atom. The van der Waals surface area contributed by atoms with Gasteiger partial charge in [0.05, 0.1) is 38.8 Å². The third-order valence-electron chi connectivity index (χ3n) is 6.45. The molecule has 1 heterocycles. The first kappa shape index (κ1) is 29.4. The van der Waals surface area contributed by atoms with E-state index in [2.05, 4.69) is 0 Å². The fourth-order valence-corrected chi connectivity index (χ4v) is 4.99. The van der Waals surface area contributed by atoms with Crippen molar-refractivity contribution < 1.29 is 36.7 Å². The van der Waals surface area contributed by atoms with Gasteiger partial charge in [0.25, 0.3) is 10.1 Å². The summed E-state index contributed by atoms with van der Waals surface area (Å²) in [5, 5.41) is 11.5. The molecule has 0 unspecified atom stereocenters. The van der Waals surface area contributed by atoms with Crippen molar-refractivity contribution in [2.45, 2.75) is 63.4 Å². The Bertz CT molecular complexity index is 1240. The maximum atomic E-state index is 11.6. The lowest BCUT2D eigenvalue weighted by molar-refractivity contribution is -0.360. The number of benzene rings is 3. The van der Waals surface area contributed by atoms with Gasteiger partial charge in [-0.1, -0.05) is 91.0 Å². The van der Waals surface area contributed by atoms with Crippen LogP contribution in [0, 0.1) is 0 Å². The molecule has 1 aliphatic rings. The van der Waals surface area contributed by atoms with E-state index in [1.165, 1.54) is 6.92 Å². The van der Waals surface area contributed by atoms with Crippen LogP contribution < -0.4 is 0 Å². The highest BCUT2D eigenvalue weighted by molar-refractivity contribution is 7.85. The molecule has 1 fully saturated rings. The highest BCUT2D eigenvalue weighted by atomic mass is 32.2. The fraction of sp³-hybridized carbons (Fsp3) is 0.400. The monoisotopic (exact) mass is 556 g/mol. The molecular weight excluding hydrogens is 520 g/mol. The summed E-state index contributed by atoms with van der Waals surface area (Å²) in [6.45, 7) is 2.14. The summed E-state index contributed by atoms with van der Waals surface area (Å²) in [6, 6.07) is 29.0. The Morgan fingerprint density at radius 3 is 1.64 bits per heavy atom. The van der Waals surface area contributed by atoms with Gasteiger partial charge in [-0.15, -0.1) is 0 Å². The molecule has 0 bridgehead atoms. The van der Waals surface area contributed by atoms with E-state index in [1.54, 1.807) is 0 Å². The summed E-state index contributed by atoms with van der Waals surface area (Å²) in [7, 11) is -3.65. The van der Waals surface area contributed by atoms with Crippen molar-refractivity contribution in [2.24, 2.45) is 0 Å². The Balaban J connectivity index is 1.61. The Morgan fingerprint density at radius 1 is 0.744 bits per heavy atom. The summed E-state index contributed by atoms with van der Waals surface area (Å²) >= 11 is 0. The molecule has 1 saturated heterocycles. The molecule has 0 amide bonds. The molecular formula is C30H36O8S. The number of ether oxygens (including phenoxy) is 4. The highest BCUT2D eigenvalue weighted by Gasteiger charge is 2.53. The topological polar surface area (TPSA) is 101 Å². The van der Waals surface area contributed by atoms with Crippen LogP contribution in [-0.4, -0.2) is 56.6 Å². The minimum Gasteiger partial charge on any atom is -0.368 e. The molecule has 1 N–H and O–H groups in total. The van der Waals surface area contributed by atoms with Gasteiger partial charge in [-0.3, -0.25) is 4.18 Å². The number of aliphatic hydroxyl groups is 1. The van der Waals surface area contributed by atoms with E-state index in [0.29, 0.717) is 0 Å². The molecule has 3 aromatic rings. The zero-order valence-corrected chi connectivity index (χ0v) is 23.0. The molecule has 0 spiro atoms. The Kier molecular flexibility index (Phi) is 10.3. The predicted molar refractivity (Wildman–Crippen MR) is 146 cm³/mol. The summed E-state index contributed by atoms with van der Waals surface area (Å²) in [4.78, 5) is 0. The van der Waals surface area contributed by atoms with Crippen molar-refractivity contribution in [3.8, 4) is 0 Å². The summed E-state index contributed by atoms with van der Waals surface area (Å²) < 4.78 is 53.4. The van der Waals surface area contributed by atoms with Gasteiger partial charge >= 0.3 is 0 Å². The van der Waals surface area contributed by atoms with Crippen LogP contribution in [0.25, 0.3) is 0 Å². The van der Waals surface area contributed by atoms with E-state index in [9.17, 15) is 13.5 Å². The highest BCUT2D eigenvalue weighted by Crippen LogP contribution is 2.36. The summed E-state index contributed by atoms with van der Waals surface area (Å²) in [6.07, 6.45) is -1.94. The van der Waals surface area contributed by atoms with Gasteiger partial charge in [0.1, 0.15) is 18.3 Å². The second-order valence-electron chi connectivity index (χ2n) is 9.77. The standard InChI is InChI=1S/C30H36O8S/c1-30(31)29(36-22-25-16-10-5-11-17-25)28(35-21-24-14-8-4-9-15-24)27(34-20-23-12-6-3-7-13-23)26(38-30)18-19-37-39(2,32)33/h3-17,26-29,31H,18-22H2,1-2H3/t26-,27+,28+,29+,30-/m0/s1. The van der Waals surface area contributed by atoms with E-state index in [4.69, 9.17) is 23.1 Å². The molecule has 3 aromatic carbocycles. The van der Waals surface area contributed by atoms with Crippen molar-refractivity contribution in [3.05, 3.63) is 108 Å². The second-order valence-corrected chi connectivity index (χ2v) is 11.4. The van der Waals surface area contributed by atoms with E-state index in [1.807, 2.05) is 91.0 Å². The maximum Gasteiger partial charge on any atom is 0.264 e. The summed E-state index contributed by atoms with van der Waals surface area (Å²) in [5.41, 5.74) is 2.83. The largest absolute Gasteiger partial charge is 0.368 e. The van der Waals surface area contributed by atoms with Gasteiger partial charge in [-0.2, -0.15) is 8.42 Å². The van der Waals surface area contributed by atoms with Crippen molar-refractivity contribution in [1.29, 1.82) is 0 Å². The third-order valence-corrected chi connectivity index (χ3v) is 7.04. The molecule has 0 aromatic heterocycles. The maximum absolute atomic E-state index is 11.6. The normalized spacial score (nSPS) is 25.4. The van der Waals surface area contributed by atoms with Crippen LogP contribution in [0.3, 0.4) is 0 Å². The molecule has 0 aliphatic carbocycles. The number of rotatable bonds is 13. The molecule has 210 valence electrons. The smallest absolute Gasteiger partial charge is 0.264 e. The van der Waals surface area contributed by atoms with Crippen LogP contribution in [0.1, 0.15) is 30.0 Å². The first-order valence-corrected chi connectivity index (χ1v) is 14.7. The molecule has 0 saturated carbocycles. The van der Waals surface area contributed by atoms with Crippen LogP contribution in [0.15, 0.2) is 91.0 Å². The molecule has 8 nitrogen and oxygen atoms in total. The summed E-state index contributed by atoms with van der Waals surface area (Å²) in [5.74, 6) is -1.75. The SMILES string of the molecule is C[C@]1(O)O[C@@H](CCOS(C)(=O)=O)[C@@H](OCc2ccccc2)[C@@H](OCc2ccccc2)[C@H]1OCc1ccccc1. The minimum absolute atomic E-state index is 0.133. The minimum atomic E-state index is -3.65. The average Bonchev–Trinajstić information content (AvgIpc) is 2.91. The lowest BCUT2D eigenvalue weighted by Gasteiger charge is -2.49. The lowest BCUT2D eigenvalue weighted by Crippen LogP contribution is -2.65. The first-order chi connectivity index (χ1) is 18.7. The Hall–Kier alpha value is -2.63. The van der Waals surface area contributed by atoms with Crippen molar-refractivity contribution in [1.82, 2.24) is 0 Å². The van der Waals surface area contributed by atoms with Gasteiger partial charge in [0.15, 0.2) is 5.79 Å². The molecule has 5 atom stereocenters. The van der Waals surface area contributed by atoms with Crippen molar-refractivity contribution in [3.63, 3.8) is 0 Å². The molecule has 9 heteroatoms. The van der Waals surface area contributed by atoms with Gasteiger partial charge in [-0.05, 0) is 23.6 Å². The zero-order valence-electron chi connectivity index (χ0n) is 22.2. The second kappa shape index (κ2) is 13.6. The Labute approximate surface area is 230 Å².